The molecule has 0 saturated carbocycles. The molecule has 3 rings (SSSR count). The lowest BCUT2D eigenvalue weighted by molar-refractivity contribution is 1.62. The van der Waals surface area contributed by atoms with Crippen LogP contribution in [0.3, 0.4) is 0 Å². The average molecular weight is 278 g/mol. The lowest BCUT2D eigenvalue weighted by atomic mass is 10.0. The normalized spacial score (nSPS) is 18.0. The van der Waals surface area contributed by atoms with E-state index in [0.29, 0.717) is 0 Å². The van der Waals surface area contributed by atoms with E-state index in [1.807, 2.05) is 0 Å². The molecular weight excluding hydrogens is 272 g/mol. The Balaban J connectivity index is 2.33. The van der Waals surface area contributed by atoms with Gasteiger partial charge in [0, 0.05) is 32.3 Å². The van der Waals surface area contributed by atoms with Crippen molar-refractivity contribution >= 4 is 68.3 Å². The molecule has 16 heavy (non-hydrogen) atoms. The number of hydrogen-bond donors (Lipinski definition) is 0. The van der Waals surface area contributed by atoms with Crippen molar-refractivity contribution in [2.24, 2.45) is 0 Å². The van der Waals surface area contributed by atoms with Crippen LogP contribution in [0.25, 0.3) is 0 Å². The summed E-state index contributed by atoms with van der Waals surface area (Å²) in [6.45, 7) is 0. The summed E-state index contributed by atoms with van der Waals surface area (Å²) in [4.78, 5) is 3.73. The second kappa shape index (κ2) is 3.53. The van der Waals surface area contributed by atoms with Gasteiger partial charge in [-0.05, 0) is 34.4 Å². The second-order valence-corrected chi connectivity index (χ2v) is 5.96. The first-order valence-electron chi connectivity index (χ1n) is 4.89. The van der Waals surface area contributed by atoms with E-state index in [9.17, 15) is 0 Å². The predicted molar refractivity (Wildman–Crippen MR) is 82.5 cm³/mol. The zero-order valence-corrected chi connectivity index (χ0v) is 11.5. The molecule has 0 aliphatic heterocycles. The SMILES string of the molecule is S=C1CC(=S)c2cc3c(cc21)C(=S)CC3=S. The monoisotopic (exact) mass is 278 g/mol. The van der Waals surface area contributed by atoms with E-state index < -0.39 is 0 Å². The molecule has 0 nitrogen and oxygen atoms in total. The topological polar surface area (TPSA) is 0 Å². The van der Waals surface area contributed by atoms with Gasteiger partial charge in [0.05, 0.1) is 0 Å². The van der Waals surface area contributed by atoms with Gasteiger partial charge in [0.25, 0.3) is 0 Å². The summed E-state index contributed by atoms with van der Waals surface area (Å²) in [5, 5.41) is 0. The minimum absolute atomic E-state index is 0.725. The van der Waals surface area contributed by atoms with Gasteiger partial charge in [-0.15, -0.1) is 0 Å². The quantitative estimate of drug-likeness (QED) is 0.667. The van der Waals surface area contributed by atoms with Crippen LogP contribution < -0.4 is 0 Å². The Bertz CT molecular complexity index is 495. The van der Waals surface area contributed by atoms with Gasteiger partial charge in [-0.3, -0.25) is 0 Å². The minimum Gasteiger partial charge on any atom is -0.0838 e. The molecule has 4 heteroatoms. The number of thiocarbonyl (C=S) groups is 4. The third-order valence-corrected chi connectivity index (χ3v) is 4.46. The van der Waals surface area contributed by atoms with Crippen molar-refractivity contribution in [1.82, 2.24) is 0 Å². The molecule has 0 N–H and O–H groups in total. The minimum atomic E-state index is 0.725. The molecular formula is C12H6S4. The maximum absolute atomic E-state index is 5.33. The molecule has 78 valence electrons. The van der Waals surface area contributed by atoms with Crippen LogP contribution in [-0.4, -0.2) is 19.5 Å². The maximum Gasteiger partial charge on any atom is 0.0283 e. The molecule has 0 amide bonds. The highest BCUT2D eigenvalue weighted by Crippen LogP contribution is 2.32. The van der Waals surface area contributed by atoms with Crippen molar-refractivity contribution < 1.29 is 0 Å². The van der Waals surface area contributed by atoms with Crippen LogP contribution in [-0.2, 0) is 0 Å². The van der Waals surface area contributed by atoms with Crippen molar-refractivity contribution in [3.63, 3.8) is 0 Å². The largest absolute Gasteiger partial charge is 0.0838 e. The first-order valence-corrected chi connectivity index (χ1v) is 6.52. The molecule has 0 saturated heterocycles. The molecule has 0 bridgehead atoms. The Labute approximate surface area is 115 Å². The van der Waals surface area contributed by atoms with Crippen LogP contribution in [0.4, 0.5) is 0 Å². The fraction of sp³-hybridized carbons (Fsp3) is 0.167. The summed E-state index contributed by atoms with van der Waals surface area (Å²) in [5.74, 6) is 0. The highest BCUT2D eigenvalue weighted by atomic mass is 32.1. The second-order valence-electron chi connectivity index (χ2n) is 3.99. The predicted octanol–water partition coefficient (Wildman–Crippen LogP) is 3.37. The number of benzene rings is 1. The van der Waals surface area contributed by atoms with Gasteiger partial charge in [0.15, 0.2) is 0 Å². The van der Waals surface area contributed by atoms with Crippen LogP contribution >= 0.6 is 48.9 Å². The highest BCUT2D eigenvalue weighted by molar-refractivity contribution is 7.83. The molecule has 0 spiro atoms. The zero-order chi connectivity index (χ0) is 11.4. The zero-order valence-electron chi connectivity index (χ0n) is 8.20. The fourth-order valence-corrected chi connectivity index (χ4v) is 3.63. The molecule has 1 aromatic carbocycles. The van der Waals surface area contributed by atoms with Crippen molar-refractivity contribution in [3.8, 4) is 0 Å². The Kier molecular flexibility index (Phi) is 2.37. The molecule has 2 aliphatic rings. The Hall–Kier alpha value is -0.420. The molecule has 1 aromatic rings. The van der Waals surface area contributed by atoms with Crippen molar-refractivity contribution in [2.45, 2.75) is 12.8 Å². The maximum atomic E-state index is 5.33. The molecule has 2 aliphatic carbocycles. The molecule has 0 aromatic heterocycles. The Morgan fingerprint density at radius 3 is 1.06 bits per heavy atom. The third kappa shape index (κ3) is 1.37. The summed E-state index contributed by atoms with van der Waals surface area (Å²) in [5.41, 5.74) is 4.35. The number of hydrogen-bond acceptors (Lipinski definition) is 4. The Morgan fingerprint density at radius 1 is 0.562 bits per heavy atom. The van der Waals surface area contributed by atoms with Gasteiger partial charge in [-0.1, -0.05) is 48.9 Å². The van der Waals surface area contributed by atoms with Gasteiger partial charge >= 0.3 is 0 Å². The molecule has 0 atom stereocenters. The first-order chi connectivity index (χ1) is 7.58. The van der Waals surface area contributed by atoms with Crippen LogP contribution in [0.2, 0.25) is 0 Å². The van der Waals surface area contributed by atoms with E-state index >= 15 is 0 Å². The number of fused-ring (bicyclic) bond motifs is 2. The van der Waals surface area contributed by atoms with Crippen LogP contribution in [0.5, 0.6) is 0 Å². The lowest BCUT2D eigenvalue weighted by Gasteiger charge is -2.04. The van der Waals surface area contributed by atoms with Crippen LogP contribution in [0.1, 0.15) is 35.1 Å². The average Bonchev–Trinajstić information content (AvgIpc) is 2.67. The number of rotatable bonds is 0. The van der Waals surface area contributed by atoms with Crippen LogP contribution in [0, 0.1) is 0 Å². The standard InChI is InChI=1S/C12H6S4/c13-9-3-11(15)7-2-8-6(1-5(7)9)10(14)4-12(8)16/h1-2H,3-4H2. The highest BCUT2D eigenvalue weighted by Gasteiger charge is 2.28. The molecule has 0 fully saturated rings. The Morgan fingerprint density at radius 2 is 0.812 bits per heavy atom. The summed E-state index contributed by atoms with van der Waals surface area (Å²) >= 11 is 21.3. The van der Waals surface area contributed by atoms with Gasteiger partial charge < -0.3 is 0 Å². The van der Waals surface area contributed by atoms with E-state index in [-0.39, 0.29) is 0 Å². The van der Waals surface area contributed by atoms with E-state index in [0.717, 1.165) is 54.6 Å². The van der Waals surface area contributed by atoms with Crippen molar-refractivity contribution in [1.29, 1.82) is 0 Å². The third-order valence-electron chi connectivity index (χ3n) is 3.00. The van der Waals surface area contributed by atoms with E-state index in [4.69, 9.17) is 48.9 Å². The summed E-state index contributed by atoms with van der Waals surface area (Å²) in [6.07, 6.45) is 1.45. The smallest absolute Gasteiger partial charge is 0.0283 e. The van der Waals surface area contributed by atoms with E-state index in [1.54, 1.807) is 0 Å². The van der Waals surface area contributed by atoms with Crippen LogP contribution in [0.15, 0.2) is 12.1 Å². The summed E-state index contributed by atoms with van der Waals surface area (Å²) < 4.78 is 0. The molecule has 0 heterocycles. The van der Waals surface area contributed by atoms with Gasteiger partial charge in [-0.2, -0.15) is 0 Å². The van der Waals surface area contributed by atoms with Gasteiger partial charge in [0.2, 0.25) is 0 Å². The summed E-state index contributed by atoms with van der Waals surface area (Å²) in [7, 11) is 0. The molecule has 0 radical (unpaired) electrons. The van der Waals surface area contributed by atoms with Crippen molar-refractivity contribution in [2.75, 3.05) is 0 Å². The lowest BCUT2D eigenvalue weighted by Crippen LogP contribution is -1.97. The molecule has 0 unspecified atom stereocenters. The fourth-order valence-electron chi connectivity index (χ4n) is 2.20. The van der Waals surface area contributed by atoms with E-state index in [2.05, 4.69) is 12.1 Å². The van der Waals surface area contributed by atoms with E-state index in [1.165, 1.54) is 0 Å². The first kappa shape index (κ1) is 10.7. The van der Waals surface area contributed by atoms with Gasteiger partial charge in [0.1, 0.15) is 0 Å². The van der Waals surface area contributed by atoms with Crippen molar-refractivity contribution in [3.05, 3.63) is 34.4 Å². The summed E-state index contributed by atoms with van der Waals surface area (Å²) in [6, 6.07) is 4.15. The van der Waals surface area contributed by atoms with Gasteiger partial charge in [-0.25, -0.2) is 0 Å².